The Bertz CT molecular complexity index is 170. The molecule has 1 saturated carbocycles. The summed E-state index contributed by atoms with van der Waals surface area (Å²) in [7, 11) is 1.88. The van der Waals surface area contributed by atoms with Crippen molar-refractivity contribution in [1.29, 1.82) is 0 Å². The van der Waals surface area contributed by atoms with Gasteiger partial charge in [0.2, 0.25) is 0 Å². The SMILES string of the molecule is CCCNC(CC(C)C)C1(OC)CCC1. The van der Waals surface area contributed by atoms with Gasteiger partial charge in [0.1, 0.15) is 0 Å². The highest BCUT2D eigenvalue weighted by Gasteiger charge is 2.44. The molecule has 2 nitrogen and oxygen atoms in total. The second-order valence-electron chi connectivity index (χ2n) is 5.26. The van der Waals surface area contributed by atoms with E-state index in [0.717, 1.165) is 12.5 Å². The molecular weight excluding hydrogens is 186 g/mol. The minimum atomic E-state index is 0.152. The maximum atomic E-state index is 5.77. The van der Waals surface area contributed by atoms with E-state index in [4.69, 9.17) is 4.74 Å². The van der Waals surface area contributed by atoms with Crippen molar-refractivity contribution in [2.24, 2.45) is 5.92 Å². The van der Waals surface area contributed by atoms with Gasteiger partial charge in [-0.25, -0.2) is 0 Å². The molecule has 0 aromatic heterocycles. The molecule has 0 aromatic rings. The second kappa shape index (κ2) is 5.86. The van der Waals surface area contributed by atoms with Crippen molar-refractivity contribution in [2.45, 2.75) is 64.5 Å². The molecule has 0 radical (unpaired) electrons. The molecule has 1 N–H and O–H groups in total. The van der Waals surface area contributed by atoms with E-state index in [1.165, 1.54) is 32.1 Å². The van der Waals surface area contributed by atoms with Gasteiger partial charge in [-0.05, 0) is 44.6 Å². The van der Waals surface area contributed by atoms with Crippen LogP contribution in [0, 0.1) is 5.92 Å². The highest BCUT2D eigenvalue weighted by atomic mass is 16.5. The molecule has 0 amide bonds. The first-order valence-corrected chi connectivity index (χ1v) is 6.43. The van der Waals surface area contributed by atoms with Crippen LogP contribution in [0.2, 0.25) is 0 Å². The Balaban J connectivity index is 2.53. The lowest BCUT2D eigenvalue weighted by molar-refractivity contribution is -0.102. The van der Waals surface area contributed by atoms with E-state index >= 15 is 0 Å². The zero-order valence-electron chi connectivity index (χ0n) is 10.8. The molecule has 0 heterocycles. The van der Waals surface area contributed by atoms with Crippen LogP contribution < -0.4 is 5.32 Å². The van der Waals surface area contributed by atoms with E-state index in [9.17, 15) is 0 Å². The van der Waals surface area contributed by atoms with Gasteiger partial charge in [0.25, 0.3) is 0 Å². The number of hydrogen-bond donors (Lipinski definition) is 1. The van der Waals surface area contributed by atoms with Gasteiger partial charge in [0.05, 0.1) is 5.60 Å². The van der Waals surface area contributed by atoms with Crippen molar-refractivity contribution in [2.75, 3.05) is 13.7 Å². The average Bonchev–Trinajstić information content (AvgIpc) is 2.12. The lowest BCUT2D eigenvalue weighted by Crippen LogP contribution is -2.57. The fraction of sp³-hybridized carbons (Fsp3) is 1.00. The largest absolute Gasteiger partial charge is 0.377 e. The van der Waals surface area contributed by atoms with Crippen LogP contribution in [0.1, 0.15) is 52.9 Å². The summed E-state index contributed by atoms with van der Waals surface area (Å²) in [4.78, 5) is 0. The maximum Gasteiger partial charge on any atom is 0.0831 e. The van der Waals surface area contributed by atoms with Crippen LogP contribution in [0.25, 0.3) is 0 Å². The Hall–Kier alpha value is -0.0800. The molecule has 0 saturated heterocycles. The van der Waals surface area contributed by atoms with Crippen molar-refractivity contribution in [3.05, 3.63) is 0 Å². The molecule has 1 atom stereocenters. The molecule has 0 bridgehead atoms. The number of methoxy groups -OCH3 is 1. The van der Waals surface area contributed by atoms with E-state index in [1.807, 2.05) is 7.11 Å². The summed E-state index contributed by atoms with van der Waals surface area (Å²) in [6, 6.07) is 0.552. The highest BCUT2D eigenvalue weighted by molar-refractivity contribution is 4.99. The molecule has 1 fully saturated rings. The molecule has 1 unspecified atom stereocenters. The molecule has 0 spiro atoms. The first kappa shape index (κ1) is 13.0. The predicted octanol–water partition coefficient (Wildman–Crippen LogP) is 2.97. The van der Waals surface area contributed by atoms with Crippen molar-refractivity contribution in [1.82, 2.24) is 5.32 Å². The lowest BCUT2D eigenvalue weighted by Gasteiger charge is -2.47. The second-order valence-corrected chi connectivity index (χ2v) is 5.26. The third-order valence-electron chi connectivity index (χ3n) is 3.59. The summed E-state index contributed by atoms with van der Waals surface area (Å²) in [5.74, 6) is 0.743. The minimum absolute atomic E-state index is 0.152. The Morgan fingerprint density at radius 2 is 2.00 bits per heavy atom. The summed E-state index contributed by atoms with van der Waals surface area (Å²) in [5.41, 5.74) is 0.152. The normalized spacial score (nSPS) is 21.4. The van der Waals surface area contributed by atoms with Gasteiger partial charge < -0.3 is 10.1 Å². The molecule has 0 aliphatic heterocycles. The molecular formula is C13H27NO. The number of rotatable bonds is 7. The van der Waals surface area contributed by atoms with Gasteiger partial charge in [-0.3, -0.25) is 0 Å². The van der Waals surface area contributed by atoms with Gasteiger partial charge in [0.15, 0.2) is 0 Å². The van der Waals surface area contributed by atoms with E-state index in [1.54, 1.807) is 0 Å². The van der Waals surface area contributed by atoms with Gasteiger partial charge in [-0.15, -0.1) is 0 Å². The van der Waals surface area contributed by atoms with E-state index in [0.29, 0.717) is 6.04 Å². The molecule has 2 heteroatoms. The number of hydrogen-bond acceptors (Lipinski definition) is 2. The third-order valence-corrected chi connectivity index (χ3v) is 3.59. The van der Waals surface area contributed by atoms with Crippen molar-refractivity contribution < 1.29 is 4.74 Å². The van der Waals surface area contributed by atoms with E-state index in [-0.39, 0.29) is 5.60 Å². The van der Waals surface area contributed by atoms with Gasteiger partial charge in [-0.1, -0.05) is 20.8 Å². The molecule has 1 aliphatic carbocycles. The summed E-state index contributed by atoms with van der Waals surface area (Å²) in [6.45, 7) is 7.92. The summed E-state index contributed by atoms with van der Waals surface area (Å²) in [5, 5.41) is 3.67. The lowest BCUT2D eigenvalue weighted by atomic mass is 9.72. The first-order chi connectivity index (χ1) is 7.14. The molecule has 0 aromatic carbocycles. The fourth-order valence-electron chi connectivity index (χ4n) is 2.49. The highest BCUT2D eigenvalue weighted by Crippen LogP contribution is 2.40. The molecule has 1 rings (SSSR count). The fourth-order valence-corrected chi connectivity index (χ4v) is 2.49. The van der Waals surface area contributed by atoms with Crippen molar-refractivity contribution in [3.8, 4) is 0 Å². The van der Waals surface area contributed by atoms with E-state index in [2.05, 4.69) is 26.1 Å². The number of ether oxygens (including phenoxy) is 1. The van der Waals surface area contributed by atoms with Crippen LogP contribution in [-0.4, -0.2) is 25.3 Å². The minimum Gasteiger partial charge on any atom is -0.377 e. The molecule has 90 valence electrons. The Kier molecular flexibility index (Phi) is 5.07. The monoisotopic (exact) mass is 213 g/mol. The Labute approximate surface area is 94.8 Å². The van der Waals surface area contributed by atoms with Gasteiger partial charge in [0, 0.05) is 13.2 Å². The first-order valence-electron chi connectivity index (χ1n) is 6.43. The van der Waals surface area contributed by atoms with Crippen molar-refractivity contribution in [3.63, 3.8) is 0 Å². The van der Waals surface area contributed by atoms with Crippen LogP contribution in [0.3, 0.4) is 0 Å². The molecule has 1 aliphatic rings. The smallest absolute Gasteiger partial charge is 0.0831 e. The Morgan fingerprint density at radius 3 is 2.33 bits per heavy atom. The predicted molar refractivity (Wildman–Crippen MR) is 65.1 cm³/mol. The zero-order valence-corrected chi connectivity index (χ0v) is 10.8. The Morgan fingerprint density at radius 1 is 1.33 bits per heavy atom. The zero-order chi connectivity index (χ0) is 11.3. The standard InChI is InChI=1S/C13H27NO/c1-5-9-14-12(10-11(2)3)13(15-4)7-6-8-13/h11-12,14H,5-10H2,1-4H3. The number of nitrogens with one attached hydrogen (secondary N) is 1. The third kappa shape index (κ3) is 3.18. The van der Waals surface area contributed by atoms with Crippen LogP contribution in [0.4, 0.5) is 0 Å². The summed E-state index contributed by atoms with van der Waals surface area (Å²) in [6.07, 6.45) is 6.23. The summed E-state index contributed by atoms with van der Waals surface area (Å²) < 4.78 is 5.77. The van der Waals surface area contributed by atoms with Crippen LogP contribution in [0.15, 0.2) is 0 Å². The van der Waals surface area contributed by atoms with Crippen molar-refractivity contribution >= 4 is 0 Å². The average molecular weight is 213 g/mol. The van der Waals surface area contributed by atoms with Crippen LogP contribution >= 0.6 is 0 Å². The summed E-state index contributed by atoms with van der Waals surface area (Å²) >= 11 is 0. The van der Waals surface area contributed by atoms with Gasteiger partial charge >= 0.3 is 0 Å². The quantitative estimate of drug-likeness (QED) is 0.702. The van der Waals surface area contributed by atoms with Crippen LogP contribution in [0.5, 0.6) is 0 Å². The molecule has 15 heavy (non-hydrogen) atoms. The van der Waals surface area contributed by atoms with Gasteiger partial charge in [-0.2, -0.15) is 0 Å². The van der Waals surface area contributed by atoms with E-state index < -0.39 is 0 Å². The van der Waals surface area contributed by atoms with Crippen LogP contribution in [-0.2, 0) is 4.74 Å². The maximum absolute atomic E-state index is 5.77. The topological polar surface area (TPSA) is 21.3 Å².